The van der Waals surface area contributed by atoms with E-state index in [1.807, 2.05) is 24.3 Å². The molecule has 2 rings (SSSR count). The van der Waals surface area contributed by atoms with Crippen LogP contribution in [-0.4, -0.2) is 18.0 Å². The molecular weight excluding hydrogens is 316 g/mol. The van der Waals surface area contributed by atoms with Crippen molar-refractivity contribution in [1.29, 1.82) is 0 Å². The van der Waals surface area contributed by atoms with E-state index in [-0.39, 0.29) is 16.9 Å². The van der Waals surface area contributed by atoms with E-state index in [2.05, 4.69) is 35.1 Å². The lowest BCUT2D eigenvalue weighted by Crippen LogP contribution is -2.51. The molecule has 4 heteroatoms. The molecule has 1 amide bonds. The summed E-state index contributed by atoms with van der Waals surface area (Å²) in [4.78, 5) is 12.5. The number of hydrogen-bond acceptors (Lipinski definition) is 2. The third kappa shape index (κ3) is 3.07. The molecule has 0 bridgehead atoms. The number of benzene rings is 1. The van der Waals surface area contributed by atoms with Crippen LogP contribution in [0.2, 0.25) is 0 Å². The van der Waals surface area contributed by atoms with Crippen molar-refractivity contribution in [3.8, 4) is 0 Å². The topological polar surface area (TPSA) is 55.1 Å². The van der Waals surface area contributed by atoms with Crippen LogP contribution in [0.15, 0.2) is 28.7 Å². The molecule has 1 aliphatic rings. The Kier molecular flexibility index (Phi) is 4.55. The zero-order chi connectivity index (χ0) is 14.8. The van der Waals surface area contributed by atoms with Crippen molar-refractivity contribution in [3.05, 3.63) is 34.3 Å². The normalized spacial score (nSPS) is 16.8. The van der Waals surface area contributed by atoms with Crippen molar-refractivity contribution in [2.45, 2.75) is 50.5 Å². The average Bonchev–Trinajstić information content (AvgIpc) is 3.26. The molecule has 0 spiro atoms. The Morgan fingerprint density at radius 1 is 1.40 bits per heavy atom. The van der Waals surface area contributed by atoms with Gasteiger partial charge in [-0.15, -0.1) is 0 Å². The fourth-order valence-electron chi connectivity index (χ4n) is 2.48. The summed E-state index contributed by atoms with van der Waals surface area (Å²) in [5, 5.41) is 3.07. The zero-order valence-electron chi connectivity index (χ0n) is 12.2. The summed E-state index contributed by atoms with van der Waals surface area (Å²) >= 11 is 3.47. The molecular formula is C16H23BrN2O. The smallest absolute Gasteiger partial charge is 0.230 e. The monoisotopic (exact) mass is 338 g/mol. The number of nitrogens with one attached hydrogen (secondary N) is 1. The summed E-state index contributed by atoms with van der Waals surface area (Å²) in [6.07, 6.45) is 3.58. The molecule has 3 nitrogen and oxygen atoms in total. The molecule has 1 aromatic carbocycles. The SMILES string of the molecule is CCC(N)(CC)CNC(=O)C1(c2cccc(Br)c2)CC1. The van der Waals surface area contributed by atoms with Crippen LogP contribution in [0.5, 0.6) is 0 Å². The maximum Gasteiger partial charge on any atom is 0.230 e. The summed E-state index contributed by atoms with van der Waals surface area (Å²) in [5.41, 5.74) is 6.73. The highest BCUT2D eigenvalue weighted by atomic mass is 79.9. The number of rotatable bonds is 6. The van der Waals surface area contributed by atoms with E-state index in [0.29, 0.717) is 6.54 Å². The van der Waals surface area contributed by atoms with Crippen molar-refractivity contribution in [1.82, 2.24) is 5.32 Å². The van der Waals surface area contributed by atoms with Crippen LogP contribution in [0, 0.1) is 0 Å². The molecule has 0 atom stereocenters. The summed E-state index contributed by atoms with van der Waals surface area (Å²) in [6.45, 7) is 4.68. The van der Waals surface area contributed by atoms with E-state index in [0.717, 1.165) is 35.7 Å². The molecule has 110 valence electrons. The zero-order valence-corrected chi connectivity index (χ0v) is 13.8. The first-order valence-electron chi connectivity index (χ1n) is 7.29. The molecule has 0 aromatic heterocycles. The molecule has 3 N–H and O–H groups in total. The first-order valence-corrected chi connectivity index (χ1v) is 8.08. The quantitative estimate of drug-likeness (QED) is 0.837. The summed E-state index contributed by atoms with van der Waals surface area (Å²) < 4.78 is 1.02. The summed E-state index contributed by atoms with van der Waals surface area (Å²) in [6, 6.07) is 8.04. The van der Waals surface area contributed by atoms with E-state index < -0.39 is 0 Å². The summed E-state index contributed by atoms with van der Waals surface area (Å²) in [7, 11) is 0. The molecule has 1 aliphatic carbocycles. The van der Waals surface area contributed by atoms with Gasteiger partial charge in [-0.3, -0.25) is 4.79 Å². The molecule has 1 aromatic rings. The number of halogens is 1. The average molecular weight is 339 g/mol. The van der Waals surface area contributed by atoms with Crippen molar-refractivity contribution < 1.29 is 4.79 Å². The lowest BCUT2D eigenvalue weighted by Gasteiger charge is -2.28. The minimum atomic E-state index is -0.327. The van der Waals surface area contributed by atoms with Gasteiger partial charge >= 0.3 is 0 Å². The molecule has 20 heavy (non-hydrogen) atoms. The van der Waals surface area contributed by atoms with E-state index in [4.69, 9.17) is 5.73 Å². The predicted octanol–water partition coefficient (Wildman–Crippen LogP) is 3.11. The number of carbonyl (C=O) groups is 1. The maximum atomic E-state index is 12.5. The van der Waals surface area contributed by atoms with Crippen LogP contribution in [-0.2, 0) is 10.2 Å². The van der Waals surface area contributed by atoms with Gasteiger partial charge in [-0.05, 0) is 43.4 Å². The standard InChI is InChI=1S/C16H23BrN2O/c1-3-15(18,4-2)11-19-14(20)16(8-9-16)12-6-5-7-13(17)10-12/h5-7,10H,3-4,8-9,11,18H2,1-2H3,(H,19,20). The van der Waals surface area contributed by atoms with E-state index in [1.165, 1.54) is 0 Å². The minimum absolute atomic E-state index is 0.118. The Morgan fingerprint density at radius 2 is 2.05 bits per heavy atom. The molecule has 1 saturated carbocycles. The van der Waals surface area contributed by atoms with Gasteiger partial charge in [-0.25, -0.2) is 0 Å². The van der Waals surface area contributed by atoms with Crippen molar-refractivity contribution >= 4 is 21.8 Å². The van der Waals surface area contributed by atoms with Gasteiger partial charge in [0.25, 0.3) is 0 Å². The molecule has 0 radical (unpaired) electrons. The van der Waals surface area contributed by atoms with E-state index in [9.17, 15) is 4.79 Å². The highest BCUT2D eigenvalue weighted by Gasteiger charge is 2.51. The van der Waals surface area contributed by atoms with Crippen LogP contribution in [0.4, 0.5) is 0 Å². The van der Waals surface area contributed by atoms with E-state index >= 15 is 0 Å². The van der Waals surface area contributed by atoms with Gasteiger partial charge in [0.05, 0.1) is 5.41 Å². The van der Waals surface area contributed by atoms with Crippen LogP contribution in [0.3, 0.4) is 0 Å². The fraction of sp³-hybridized carbons (Fsp3) is 0.562. The molecule has 0 saturated heterocycles. The van der Waals surface area contributed by atoms with Crippen molar-refractivity contribution in [2.24, 2.45) is 5.73 Å². The van der Waals surface area contributed by atoms with E-state index in [1.54, 1.807) is 0 Å². The Bertz CT molecular complexity index is 493. The van der Waals surface area contributed by atoms with Gasteiger partial charge in [-0.2, -0.15) is 0 Å². The van der Waals surface area contributed by atoms with Gasteiger partial charge in [0.15, 0.2) is 0 Å². The largest absolute Gasteiger partial charge is 0.353 e. The lowest BCUT2D eigenvalue weighted by molar-refractivity contribution is -0.123. The number of carbonyl (C=O) groups excluding carboxylic acids is 1. The second-order valence-corrected chi connectivity index (χ2v) is 6.76. The second-order valence-electron chi connectivity index (χ2n) is 5.84. The van der Waals surface area contributed by atoms with Gasteiger partial charge in [0.1, 0.15) is 0 Å². The fourth-order valence-corrected chi connectivity index (χ4v) is 2.88. The number of nitrogens with two attached hydrogens (primary N) is 1. The van der Waals surface area contributed by atoms with Gasteiger partial charge in [0, 0.05) is 16.6 Å². The van der Waals surface area contributed by atoms with Crippen molar-refractivity contribution in [2.75, 3.05) is 6.54 Å². The minimum Gasteiger partial charge on any atom is -0.353 e. The summed E-state index contributed by atoms with van der Waals surface area (Å²) in [5.74, 6) is 0.118. The maximum absolute atomic E-state index is 12.5. The number of amides is 1. The first kappa shape index (κ1) is 15.5. The highest BCUT2D eigenvalue weighted by molar-refractivity contribution is 9.10. The Labute approximate surface area is 129 Å². The van der Waals surface area contributed by atoms with Crippen LogP contribution in [0.1, 0.15) is 45.1 Å². The van der Waals surface area contributed by atoms with Gasteiger partial charge < -0.3 is 11.1 Å². The highest BCUT2D eigenvalue weighted by Crippen LogP contribution is 2.48. The van der Waals surface area contributed by atoms with Crippen molar-refractivity contribution in [3.63, 3.8) is 0 Å². The Morgan fingerprint density at radius 3 is 2.55 bits per heavy atom. The lowest BCUT2D eigenvalue weighted by atomic mass is 9.92. The Hall–Kier alpha value is -0.870. The molecule has 0 aliphatic heterocycles. The second kappa shape index (κ2) is 5.86. The first-order chi connectivity index (χ1) is 9.46. The molecule has 0 unspecified atom stereocenters. The van der Waals surface area contributed by atoms with Gasteiger partial charge in [0.2, 0.25) is 5.91 Å². The molecule has 1 fully saturated rings. The van der Waals surface area contributed by atoms with Crippen LogP contribution >= 0.6 is 15.9 Å². The molecule has 0 heterocycles. The van der Waals surface area contributed by atoms with Crippen LogP contribution < -0.4 is 11.1 Å². The van der Waals surface area contributed by atoms with Crippen LogP contribution in [0.25, 0.3) is 0 Å². The third-order valence-corrected chi connectivity index (χ3v) is 5.06. The van der Waals surface area contributed by atoms with Gasteiger partial charge in [-0.1, -0.05) is 41.9 Å². The Balaban J connectivity index is 2.06. The predicted molar refractivity (Wildman–Crippen MR) is 85.6 cm³/mol. The third-order valence-electron chi connectivity index (χ3n) is 4.57. The number of hydrogen-bond donors (Lipinski definition) is 2.